The molecule has 0 aromatic rings. The van der Waals surface area contributed by atoms with Crippen molar-refractivity contribution in [2.45, 2.75) is 37.6 Å². The van der Waals surface area contributed by atoms with Gasteiger partial charge in [-0.3, -0.25) is 0 Å². The Balaban J connectivity index is 2.54. The van der Waals surface area contributed by atoms with Crippen molar-refractivity contribution in [1.82, 2.24) is 5.32 Å². The second-order valence-corrected chi connectivity index (χ2v) is 3.07. The summed E-state index contributed by atoms with van der Waals surface area (Å²) in [5.41, 5.74) is 4.76. The third-order valence-electron chi connectivity index (χ3n) is 2.08. The van der Waals surface area contributed by atoms with E-state index in [1.807, 2.05) is 0 Å². The van der Waals surface area contributed by atoms with Crippen molar-refractivity contribution >= 4 is 6.03 Å². The van der Waals surface area contributed by atoms with Crippen molar-refractivity contribution in [2.24, 2.45) is 5.73 Å². The van der Waals surface area contributed by atoms with Crippen LogP contribution in [0.3, 0.4) is 0 Å². The molecule has 1 atom stereocenters. The van der Waals surface area contributed by atoms with Gasteiger partial charge in [0.15, 0.2) is 0 Å². The first-order valence-electron chi connectivity index (χ1n) is 3.96. The predicted octanol–water partition coefficient (Wildman–Crippen LogP) is 1.23. The molecule has 1 unspecified atom stereocenters. The fraction of sp³-hybridized carbons (Fsp3) is 0.857. The van der Waals surface area contributed by atoms with Gasteiger partial charge in [-0.2, -0.15) is 0 Å². The van der Waals surface area contributed by atoms with Gasteiger partial charge in [0.1, 0.15) is 0 Å². The molecule has 5 heteroatoms. The van der Waals surface area contributed by atoms with E-state index in [2.05, 4.69) is 5.32 Å². The van der Waals surface area contributed by atoms with Gasteiger partial charge in [0, 0.05) is 6.42 Å². The highest BCUT2D eigenvalue weighted by atomic mass is 19.3. The smallest absolute Gasteiger partial charge is 0.312 e. The second kappa shape index (κ2) is 3.25. The summed E-state index contributed by atoms with van der Waals surface area (Å²) in [7, 11) is 0. The number of amides is 2. The maximum atomic E-state index is 13.0. The average molecular weight is 178 g/mol. The number of hydrogen-bond acceptors (Lipinski definition) is 1. The van der Waals surface area contributed by atoms with Crippen LogP contribution in [0, 0.1) is 0 Å². The van der Waals surface area contributed by atoms with Crippen LogP contribution in [0.15, 0.2) is 0 Å². The van der Waals surface area contributed by atoms with Crippen molar-refractivity contribution in [3.63, 3.8) is 0 Å². The Kier molecular flexibility index (Phi) is 2.49. The second-order valence-electron chi connectivity index (χ2n) is 3.07. The van der Waals surface area contributed by atoms with E-state index >= 15 is 0 Å². The zero-order valence-corrected chi connectivity index (χ0v) is 6.65. The summed E-state index contributed by atoms with van der Waals surface area (Å²) in [6.45, 7) is 0. The van der Waals surface area contributed by atoms with Crippen LogP contribution in [0.4, 0.5) is 13.6 Å². The topological polar surface area (TPSA) is 55.1 Å². The highest BCUT2D eigenvalue weighted by Gasteiger charge is 2.41. The van der Waals surface area contributed by atoms with Gasteiger partial charge in [0.2, 0.25) is 0 Å². The van der Waals surface area contributed by atoms with E-state index in [4.69, 9.17) is 5.73 Å². The predicted molar refractivity (Wildman–Crippen MR) is 39.9 cm³/mol. The minimum absolute atomic E-state index is 0.155. The van der Waals surface area contributed by atoms with Gasteiger partial charge in [-0.1, -0.05) is 6.42 Å². The summed E-state index contributed by atoms with van der Waals surface area (Å²) in [6.07, 6.45) is 1.40. The number of carbonyl (C=O) groups excluding carboxylic acids is 1. The number of urea groups is 1. The Morgan fingerprint density at radius 3 is 2.67 bits per heavy atom. The SMILES string of the molecule is NC(=O)NC1CCCCC1(F)F. The van der Waals surface area contributed by atoms with Gasteiger partial charge >= 0.3 is 6.03 Å². The standard InChI is InChI=1S/C7H12F2N2O/c8-7(9)4-2-1-3-5(7)11-6(10)12/h5H,1-4H2,(H3,10,11,12). The van der Waals surface area contributed by atoms with Crippen molar-refractivity contribution in [3.05, 3.63) is 0 Å². The number of nitrogens with two attached hydrogens (primary N) is 1. The lowest BCUT2D eigenvalue weighted by Crippen LogP contribution is -2.51. The zero-order valence-electron chi connectivity index (χ0n) is 6.65. The monoisotopic (exact) mass is 178 g/mol. The maximum Gasteiger partial charge on any atom is 0.312 e. The highest BCUT2D eigenvalue weighted by Crippen LogP contribution is 2.33. The molecule has 2 amide bonds. The van der Waals surface area contributed by atoms with Crippen molar-refractivity contribution in [2.75, 3.05) is 0 Å². The molecule has 3 N–H and O–H groups in total. The summed E-state index contributed by atoms with van der Waals surface area (Å²) < 4.78 is 25.9. The summed E-state index contributed by atoms with van der Waals surface area (Å²) in [4.78, 5) is 10.3. The Morgan fingerprint density at radius 1 is 1.50 bits per heavy atom. The Hall–Kier alpha value is -0.870. The van der Waals surface area contributed by atoms with Crippen molar-refractivity contribution in [1.29, 1.82) is 0 Å². The van der Waals surface area contributed by atoms with Crippen LogP contribution in [0.25, 0.3) is 0 Å². The molecular weight excluding hydrogens is 166 g/mol. The molecule has 3 nitrogen and oxygen atoms in total. The number of carbonyl (C=O) groups is 1. The minimum Gasteiger partial charge on any atom is -0.352 e. The van der Waals surface area contributed by atoms with Gasteiger partial charge in [0.25, 0.3) is 5.92 Å². The van der Waals surface area contributed by atoms with E-state index in [0.29, 0.717) is 12.8 Å². The number of hydrogen-bond donors (Lipinski definition) is 2. The number of rotatable bonds is 1. The Morgan fingerprint density at radius 2 is 2.17 bits per heavy atom. The molecule has 1 rings (SSSR count). The quantitative estimate of drug-likeness (QED) is 0.623. The van der Waals surface area contributed by atoms with Gasteiger partial charge in [0.05, 0.1) is 6.04 Å². The molecule has 0 aromatic carbocycles. The van der Waals surface area contributed by atoms with Crippen LogP contribution in [0.2, 0.25) is 0 Å². The number of alkyl halides is 2. The normalized spacial score (nSPS) is 28.0. The lowest BCUT2D eigenvalue weighted by atomic mass is 9.92. The highest BCUT2D eigenvalue weighted by molar-refractivity contribution is 5.72. The third kappa shape index (κ3) is 2.06. The zero-order chi connectivity index (χ0) is 9.19. The lowest BCUT2D eigenvalue weighted by Gasteiger charge is -2.31. The summed E-state index contributed by atoms with van der Waals surface area (Å²) in [6, 6.07) is -1.94. The molecule has 0 aromatic heterocycles. The molecule has 1 aliphatic carbocycles. The molecule has 70 valence electrons. The van der Waals surface area contributed by atoms with E-state index in [0.717, 1.165) is 6.42 Å². The number of halogens is 2. The first kappa shape index (κ1) is 9.22. The van der Waals surface area contributed by atoms with E-state index in [1.165, 1.54) is 0 Å². The molecule has 0 saturated heterocycles. The molecule has 0 spiro atoms. The fourth-order valence-electron chi connectivity index (χ4n) is 1.44. The first-order valence-corrected chi connectivity index (χ1v) is 3.96. The van der Waals surface area contributed by atoms with E-state index in [9.17, 15) is 13.6 Å². The molecule has 0 radical (unpaired) electrons. The Labute approximate surface area is 69.3 Å². The van der Waals surface area contributed by atoms with Gasteiger partial charge in [-0.15, -0.1) is 0 Å². The van der Waals surface area contributed by atoms with E-state index < -0.39 is 18.0 Å². The first-order chi connectivity index (χ1) is 5.52. The van der Waals surface area contributed by atoms with Gasteiger partial charge in [-0.25, -0.2) is 13.6 Å². The van der Waals surface area contributed by atoms with Crippen LogP contribution in [-0.2, 0) is 0 Å². The minimum atomic E-state index is -2.78. The molecule has 1 aliphatic rings. The van der Waals surface area contributed by atoms with Crippen molar-refractivity contribution in [3.8, 4) is 0 Å². The third-order valence-corrected chi connectivity index (χ3v) is 2.08. The number of nitrogens with one attached hydrogen (secondary N) is 1. The van der Waals surface area contributed by atoms with Crippen LogP contribution in [-0.4, -0.2) is 18.0 Å². The molecule has 0 aliphatic heterocycles. The molecule has 0 bridgehead atoms. The van der Waals surface area contributed by atoms with Crippen LogP contribution >= 0.6 is 0 Å². The van der Waals surface area contributed by atoms with E-state index in [1.54, 1.807) is 0 Å². The largest absolute Gasteiger partial charge is 0.352 e. The Bertz CT molecular complexity index is 184. The fourth-order valence-corrected chi connectivity index (χ4v) is 1.44. The van der Waals surface area contributed by atoms with Gasteiger partial charge < -0.3 is 11.1 Å². The average Bonchev–Trinajstić information content (AvgIpc) is 1.92. The van der Waals surface area contributed by atoms with Crippen molar-refractivity contribution < 1.29 is 13.6 Å². The maximum absolute atomic E-state index is 13.0. The molecule has 0 heterocycles. The van der Waals surface area contributed by atoms with Crippen LogP contribution in [0.5, 0.6) is 0 Å². The van der Waals surface area contributed by atoms with Crippen LogP contribution in [0.1, 0.15) is 25.7 Å². The summed E-state index contributed by atoms with van der Waals surface area (Å²) in [5.74, 6) is -2.78. The molecule has 1 saturated carbocycles. The molecule has 12 heavy (non-hydrogen) atoms. The summed E-state index contributed by atoms with van der Waals surface area (Å²) in [5, 5.41) is 2.06. The molecular formula is C7H12F2N2O. The van der Waals surface area contributed by atoms with Crippen LogP contribution < -0.4 is 11.1 Å². The van der Waals surface area contributed by atoms with Gasteiger partial charge in [-0.05, 0) is 12.8 Å². The summed E-state index contributed by atoms with van der Waals surface area (Å²) >= 11 is 0. The van der Waals surface area contributed by atoms with E-state index in [-0.39, 0.29) is 6.42 Å². The lowest BCUT2D eigenvalue weighted by molar-refractivity contribution is -0.0594. The molecule has 1 fully saturated rings. The number of primary amides is 1.